The van der Waals surface area contributed by atoms with Crippen LogP contribution in [0.4, 0.5) is 4.39 Å². The van der Waals surface area contributed by atoms with Gasteiger partial charge in [-0.25, -0.2) is 0 Å². The second-order valence-electron chi connectivity index (χ2n) is 3.79. The Morgan fingerprint density at radius 1 is 1.40 bits per heavy atom. The molecule has 2 rings (SSSR count). The molecule has 15 heavy (non-hydrogen) atoms. The van der Waals surface area contributed by atoms with Crippen LogP contribution in [0.2, 0.25) is 0 Å². The largest absolute Gasteiger partial charge is 0.358 e. The molecule has 0 aliphatic rings. The standard InChI is InChI=1S/C12H15FN2/c1-8-12(10(14)6-7-13)9-4-2-3-5-11(9)15-8/h2-5,10,15H,6-7,14H2,1H3/t10-/m1/s1. The Balaban J connectivity index is 2.53. The number of H-pyrrole nitrogens is 1. The Bertz CT molecular complexity index is 462. The highest BCUT2D eigenvalue weighted by Crippen LogP contribution is 2.27. The van der Waals surface area contributed by atoms with Crippen LogP contribution in [0.5, 0.6) is 0 Å². The van der Waals surface area contributed by atoms with Crippen LogP contribution < -0.4 is 5.73 Å². The molecule has 0 saturated heterocycles. The van der Waals surface area contributed by atoms with Crippen molar-refractivity contribution in [3.63, 3.8) is 0 Å². The van der Waals surface area contributed by atoms with Crippen LogP contribution in [-0.2, 0) is 0 Å². The number of aryl methyl sites for hydroxylation is 1. The summed E-state index contributed by atoms with van der Waals surface area (Å²) in [6.07, 6.45) is 0.378. The smallest absolute Gasteiger partial charge is 0.0912 e. The van der Waals surface area contributed by atoms with E-state index in [-0.39, 0.29) is 12.7 Å². The molecule has 2 aromatic rings. The van der Waals surface area contributed by atoms with Crippen molar-refractivity contribution in [3.05, 3.63) is 35.5 Å². The third-order valence-electron chi connectivity index (χ3n) is 2.73. The van der Waals surface area contributed by atoms with Gasteiger partial charge in [-0.15, -0.1) is 0 Å². The van der Waals surface area contributed by atoms with Gasteiger partial charge in [-0.05, 0) is 25.0 Å². The highest BCUT2D eigenvalue weighted by molar-refractivity contribution is 5.85. The van der Waals surface area contributed by atoms with Crippen LogP contribution in [0, 0.1) is 6.92 Å². The molecular weight excluding hydrogens is 191 g/mol. The van der Waals surface area contributed by atoms with Crippen LogP contribution in [0.3, 0.4) is 0 Å². The predicted molar refractivity (Wildman–Crippen MR) is 60.6 cm³/mol. The van der Waals surface area contributed by atoms with Crippen LogP contribution in [-0.4, -0.2) is 11.7 Å². The summed E-state index contributed by atoms with van der Waals surface area (Å²) in [4.78, 5) is 3.26. The molecular formula is C12H15FN2. The van der Waals surface area contributed by atoms with E-state index in [0.29, 0.717) is 6.42 Å². The van der Waals surface area contributed by atoms with Gasteiger partial charge >= 0.3 is 0 Å². The molecule has 0 aliphatic heterocycles. The van der Waals surface area contributed by atoms with Crippen LogP contribution in [0.15, 0.2) is 24.3 Å². The summed E-state index contributed by atoms with van der Waals surface area (Å²) < 4.78 is 12.3. The molecule has 1 atom stereocenters. The van der Waals surface area contributed by atoms with Crippen molar-refractivity contribution in [2.75, 3.05) is 6.67 Å². The van der Waals surface area contributed by atoms with Crippen LogP contribution in [0.1, 0.15) is 23.7 Å². The first-order valence-corrected chi connectivity index (χ1v) is 5.12. The van der Waals surface area contributed by atoms with E-state index in [1.807, 2.05) is 31.2 Å². The Morgan fingerprint density at radius 2 is 2.13 bits per heavy atom. The van der Waals surface area contributed by atoms with Crippen molar-refractivity contribution >= 4 is 10.9 Å². The highest BCUT2D eigenvalue weighted by Gasteiger charge is 2.14. The number of nitrogens with two attached hydrogens (primary N) is 1. The zero-order valence-corrected chi connectivity index (χ0v) is 8.76. The average molecular weight is 206 g/mol. The summed E-state index contributed by atoms with van der Waals surface area (Å²) in [5, 5.41) is 1.11. The second-order valence-corrected chi connectivity index (χ2v) is 3.79. The van der Waals surface area contributed by atoms with Crippen molar-refractivity contribution < 1.29 is 4.39 Å². The summed E-state index contributed by atoms with van der Waals surface area (Å²) in [6.45, 7) is 1.60. The number of alkyl halides is 1. The molecule has 0 amide bonds. The summed E-state index contributed by atoms with van der Waals surface area (Å²) >= 11 is 0. The van der Waals surface area contributed by atoms with E-state index < -0.39 is 0 Å². The third kappa shape index (κ3) is 1.75. The number of halogens is 1. The summed E-state index contributed by atoms with van der Waals surface area (Å²) in [5.41, 5.74) is 9.11. The number of benzene rings is 1. The van der Waals surface area contributed by atoms with Crippen LogP contribution in [0.25, 0.3) is 10.9 Å². The Morgan fingerprint density at radius 3 is 2.87 bits per heavy atom. The minimum Gasteiger partial charge on any atom is -0.358 e. The number of hydrogen-bond donors (Lipinski definition) is 2. The maximum absolute atomic E-state index is 12.3. The van der Waals surface area contributed by atoms with Crippen molar-refractivity contribution in [3.8, 4) is 0 Å². The quantitative estimate of drug-likeness (QED) is 0.796. The molecule has 0 unspecified atom stereocenters. The number of hydrogen-bond acceptors (Lipinski definition) is 1. The number of fused-ring (bicyclic) bond motifs is 1. The first-order valence-electron chi connectivity index (χ1n) is 5.12. The number of aromatic nitrogens is 1. The van der Waals surface area contributed by atoms with Gasteiger partial charge in [0.15, 0.2) is 0 Å². The summed E-state index contributed by atoms with van der Waals surface area (Å²) in [6, 6.07) is 7.76. The first-order chi connectivity index (χ1) is 7.24. The summed E-state index contributed by atoms with van der Waals surface area (Å²) in [5.74, 6) is 0. The summed E-state index contributed by atoms with van der Waals surface area (Å²) in [7, 11) is 0. The second kappa shape index (κ2) is 4.03. The monoisotopic (exact) mass is 206 g/mol. The van der Waals surface area contributed by atoms with Gasteiger partial charge < -0.3 is 10.7 Å². The Hall–Kier alpha value is -1.35. The lowest BCUT2D eigenvalue weighted by molar-refractivity contribution is 0.442. The SMILES string of the molecule is Cc1[nH]c2ccccc2c1[C@H](N)CCF. The van der Waals surface area contributed by atoms with Crippen molar-refractivity contribution in [1.29, 1.82) is 0 Å². The lowest BCUT2D eigenvalue weighted by Gasteiger charge is -2.09. The third-order valence-corrected chi connectivity index (χ3v) is 2.73. The molecule has 2 nitrogen and oxygen atoms in total. The van der Waals surface area contributed by atoms with Gasteiger partial charge in [0.2, 0.25) is 0 Å². The lowest BCUT2D eigenvalue weighted by atomic mass is 10.0. The van der Waals surface area contributed by atoms with Crippen LogP contribution >= 0.6 is 0 Å². The molecule has 3 heteroatoms. The Kier molecular flexibility index (Phi) is 2.73. The predicted octanol–water partition coefficient (Wildman–Crippen LogP) is 2.84. The minimum absolute atomic E-state index is 0.217. The number of aromatic amines is 1. The van der Waals surface area contributed by atoms with Gasteiger partial charge in [0.1, 0.15) is 0 Å². The van der Waals surface area contributed by atoms with Gasteiger partial charge in [0.05, 0.1) is 6.67 Å². The van der Waals surface area contributed by atoms with Gasteiger partial charge in [-0.2, -0.15) is 0 Å². The maximum Gasteiger partial charge on any atom is 0.0912 e. The molecule has 0 fully saturated rings. The van der Waals surface area contributed by atoms with Gasteiger partial charge in [0, 0.05) is 22.6 Å². The number of rotatable bonds is 3. The number of para-hydroxylation sites is 1. The molecule has 3 N–H and O–H groups in total. The van der Waals surface area contributed by atoms with E-state index in [4.69, 9.17) is 5.73 Å². The van der Waals surface area contributed by atoms with E-state index in [0.717, 1.165) is 22.2 Å². The van der Waals surface area contributed by atoms with Gasteiger partial charge in [-0.3, -0.25) is 4.39 Å². The minimum atomic E-state index is -0.375. The normalized spacial score (nSPS) is 13.3. The van der Waals surface area contributed by atoms with Crippen molar-refractivity contribution in [2.45, 2.75) is 19.4 Å². The van der Waals surface area contributed by atoms with Gasteiger partial charge in [-0.1, -0.05) is 18.2 Å². The van der Waals surface area contributed by atoms with Crippen molar-refractivity contribution in [1.82, 2.24) is 4.98 Å². The molecule has 1 aromatic heterocycles. The molecule has 0 aliphatic carbocycles. The average Bonchev–Trinajstić information content (AvgIpc) is 2.54. The van der Waals surface area contributed by atoms with E-state index >= 15 is 0 Å². The highest BCUT2D eigenvalue weighted by atomic mass is 19.1. The fraction of sp³-hybridized carbons (Fsp3) is 0.333. The fourth-order valence-corrected chi connectivity index (χ4v) is 2.04. The maximum atomic E-state index is 12.3. The zero-order chi connectivity index (χ0) is 10.8. The first kappa shape index (κ1) is 10.2. The van der Waals surface area contributed by atoms with Gasteiger partial charge in [0.25, 0.3) is 0 Å². The molecule has 0 saturated carbocycles. The van der Waals surface area contributed by atoms with E-state index in [9.17, 15) is 4.39 Å². The molecule has 0 spiro atoms. The molecule has 1 aromatic carbocycles. The van der Waals surface area contributed by atoms with Crippen molar-refractivity contribution in [2.24, 2.45) is 5.73 Å². The lowest BCUT2D eigenvalue weighted by Crippen LogP contribution is -2.11. The number of nitrogens with one attached hydrogen (secondary N) is 1. The molecule has 0 bridgehead atoms. The molecule has 1 heterocycles. The van der Waals surface area contributed by atoms with E-state index in [1.165, 1.54) is 0 Å². The molecule has 0 radical (unpaired) electrons. The van der Waals surface area contributed by atoms with E-state index in [1.54, 1.807) is 0 Å². The van der Waals surface area contributed by atoms with E-state index in [2.05, 4.69) is 4.98 Å². The topological polar surface area (TPSA) is 41.8 Å². The molecule has 80 valence electrons. The Labute approximate surface area is 88.3 Å². The fourth-order valence-electron chi connectivity index (χ4n) is 2.04. The zero-order valence-electron chi connectivity index (χ0n) is 8.76.